The Balaban J connectivity index is 1.50. The van der Waals surface area contributed by atoms with Crippen LogP contribution < -0.4 is 10.9 Å². The van der Waals surface area contributed by atoms with Crippen LogP contribution in [0.1, 0.15) is 46.7 Å². The minimum absolute atomic E-state index is 0.0806. The lowest BCUT2D eigenvalue weighted by Crippen LogP contribution is -2.29. The zero-order valence-corrected chi connectivity index (χ0v) is 22.4. The topological polar surface area (TPSA) is 81.3 Å². The van der Waals surface area contributed by atoms with E-state index in [-0.39, 0.29) is 23.9 Å². The van der Waals surface area contributed by atoms with Crippen molar-refractivity contribution in [3.63, 3.8) is 0 Å². The Kier molecular flexibility index (Phi) is 6.52. The Morgan fingerprint density at radius 1 is 1.05 bits per heavy atom. The molecule has 3 heterocycles. The van der Waals surface area contributed by atoms with Crippen LogP contribution >= 0.6 is 11.3 Å². The number of fused-ring (bicyclic) bond motifs is 1. The molecule has 0 aliphatic heterocycles. The van der Waals surface area contributed by atoms with Crippen LogP contribution in [0.3, 0.4) is 0 Å². The van der Waals surface area contributed by atoms with Gasteiger partial charge in [-0.25, -0.2) is 9.67 Å². The Morgan fingerprint density at radius 3 is 2.57 bits per heavy atom. The summed E-state index contributed by atoms with van der Waals surface area (Å²) in [6.45, 7) is 9.85. The van der Waals surface area contributed by atoms with Crippen LogP contribution in [0.2, 0.25) is 0 Å². The Hall–Kier alpha value is -4.04. The molecule has 0 saturated carbocycles. The second-order valence-corrected chi connectivity index (χ2v) is 10.3. The predicted octanol–water partition coefficient (Wildman–Crippen LogP) is 5.26. The monoisotopic (exact) mass is 511 g/mol. The Labute approximate surface area is 219 Å². The standard InChI is InChI=1S/C29H29N5O2S/c1-17-11-12-18(2)25(13-17)34-19(3)14-24(32-34)27-21(5)31-29-33(28(27)36)23(16-37-29)15-26(35)30-20(4)22-9-7-6-8-10-22/h6-14,16,20H,15H2,1-5H3,(H,30,35)/t20-/m0/s1. The number of benzene rings is 2. The molecule has 0 aliphatic carbocycles. The highest BCUT2D eigenvalue weighted by molar-refractivity contribution is 7.15. The molecule has 2 aromatic carbocycles. The molecule has 0 radical (unpaired) electrons. The average Bonchev–Trinajstić information content (AvgIpc) is 3.44. The molecule has 5 rings (SSSR count). The molecule has 0 spiro atoms. The highest BCUT2D eigenvalue weighted by atomic mass is 32.1. The van der Waals surface area contributed by atoms with Crippen molar-refractivity contribution in [1.29, 1.82) is 0 Å². The molecule has 0 saturated heterocycles. The molecule has 5 aromatic rings. The zero-order chi connectivity index (χ0) is 26.3. The van der Waals surface area contributed by atoms with Crippen molar-refractivity contribution in [3.05, 3.63) is 104 Å². The summed E-state index contributed by atoms with van der Waals surface area (Å²) in [7, 11) is 0. The van der Waals surface area contributed by atoms with Crippen LogP contribution in [0.4, 0.5) is 0 Å². The molecule has 37 heavy (non-hydrogen) atoms. The van der Waals surface area contributed by atoms with Crippen molar-refractivity contribution in [3.8, 4) is 16.9 Å². The number of carbonyl (C=O) groups is 1. The van der Waals surface area contributed by atoms with Gasteiger partial charge in [0.15, 0.2) is 4.96 Å². The van der Waals surface area contributed by atoms with Crippen LogP contribution in [-0.2, 0) is 11.2 Å². The molecule has 1 N–H and O–H groups in total. The van der Waals surface area contributed by atoms with E-state index in [4.69, 9.17) is 10.1 Å². The Bertz CT molecular complexity index is 1680. The second-order valence-electron chi connectivity index (χ2n) is 9.47. The average molecular weight is 512 g/mol. The maximum Gasteiger partial charge on any atom is 0.268 e. The highest BCUT2D eigenvalue weighted by Gasteiger charge is 2.21. The SMILES string of the molecule is Cc1ccc(C)c(-n2nc(-c3c(C)nc4scc(CC(=O)N[C@@H](C)c5ccccc5)n4c3=O)cc2C)c1. The number of aromatic nitrogens is 4. The van der Waals surface area contributed by atoms with Gasteiger partial charge in [-0.1, -0.05) is 42.5 Å². The van der Waals surface area contributed by atoms with Crippen molar-refractivity contribution in [2.75, 3.05) is 0 Å². The summed E-state index contributed by atoms with van der Waals surface area (Å²) < 4.78 is 3.42. The summed E-state index contributed by atoms with van der Waals surface area (Å²) in [5.74, 6) is -0.153. The number of hydrogen-bond donors (Lipinski definition) is 1. The molecular formula is C29H29N5O2S. The van der Waals surface area contributed by atoms with Crippen molar-refractivity contribution >= 4 is 22.2 Å². The van der Waals surface area contributed by atoms with E-state index in [1.807, 2.05) is 81.1 Å². The number of hydrogen-bond acceptors (Lipinski definition) is 5. The quantitative estimate of drug-likeness (QED) is 0.337. The van der Waals surface area contributed by atoms with Crippen LogP contribution in [0, 0.1) is 27.7 Å². The lowest BCUT2D eigenvalue weighted by atomic mass is 10.1. The normalized spacial score (nSPS) is 12.1. The fourth-order valence-corrected chi connectivity index (χ4v) is 5.52. The molecular weight excluding hydrogens is 482 g/mol. The number of amides is 1. The smallest absolute Gasteiger partial charge is 0.268 e. The number of rotatable bonds is 6. The van der Waals surface area contributed by atoms with Gasteiger partial charge < -0.3 is 5.32 Å². The lowest BCUT2D eigenvalue weighted by Gasteiger charge is -2.14. The molecule has 0 unspecified atom stereocenters. The first-order valence-electron chi connectivity index (χ1n) is 12.2. The lowest BCUT2D eigenvalue weighted by molar-refractivity contribution is -0.121. The van der Waals surface area contributed by atoms with E-state index in [9.17, 15) is 9.59 Å². The van der Waals surface area contributed by atoms with Crippen LogP contribution in [0.15, 0.2) is 64.8 Å². The van der Waals surface area contributed by atoms with Gasteiger partial charge in [0.2, 0.25) is 5.91 Å². The van der Waals surface area contributed by atoms with E-state index >= 15 is 0 Å². The number of thiazole rings is 1. The maximum atomic E-state index is 13.8. The molecule has 0 bridgehead atoms. The van der Waals surface area contributed by atoms with Gasteiger partial charge in [-0.15, -0.1) is 11.3 Å². The van der Waals surface area contributed by atoms with Gasteiger partial charge in [0.1, 0.15) is 5.69 Å². The predicted molar refractivity (Wildman–Crippen MR) is 148 cm³/mol. The summed E-state index contributed by atoms with van der Waals surface area (Å²) in [6, 6.07) is 17.8. The number of carbonyl (C=O) groups excluding carboxylic acids is 1. The van der Waals surface area contributed by atoms with Gasteiger partial charge in [-0.2, -0.15) is 5.10 Å². The summed E-state index contributed by atoms with van der Waals surface area (Å²) in [6.07, 6.45) is 0.0806. The number of nitrogens with one attached hydrogen (secondary N) is 1. The molecule has 3 aromatic heterocycles. The first-order valence-corrected chi connectivity index (χ1v) is 13.1. The first kappa shape index (κ1) is 24.6. The minimum atomic E-state index is -0.215. The third-order valence-corrected chi connectivity index (χ3v) is 7.45. The van der Waals surface area contributed by atoms with Crippen molar-refractivity contribution in [1.82, 2.24) is 24.5 Å². The fraction of sp³-hybridized carbons (Fsp3) is 0.241. The van der Waals surface area contributed by atoms with Crippen molar-refractivity contribution < 1.29 is 4.79 Å². The largest absolute Gasteiger partial charge is 0.349 e. The van der Waals surface area contributed by atoms with Crippen LogP contribution in [0.25, 0.3) is 21.9 Å². The van der Waals surface area contributed by atoms with E-state index in [1.54, 1.807) is 4.40 Å². The van der Waals surface area contributed by atoms with E-state index in [0.29, 0.717) is 27.6 Å². The van der Waals surface area contributed by atoms with Gasteiger partial charge >= 0.3 is 0 Å². The third kappa shape index (κ3) is 4.72. The summed E-state index contributed by atoms with van der Waals surface area (Å²) in [5, 5.41) is 9.68. The van der Waals surface area contributed by atoms with E-state index in [2.05, 4.69) is 23.5 Å². The zero-order valence-electron chi connectivity index (χ0n) is 21.6. The highest BCUT2D eigenvalue weighted by Crippen LogP contribution is 2.25. The fourth-order valence-electron chi connectivity index (χ4n) is 4.59. The molecule has 0 aliphatic rings. The minimum Gasteiger partial charge on any atom is -0.349 e. The molecule has 7 nitrogen and oxygen atoms in total. The van der Waals surface area contributed by atoms with E-state index < -0.39 is 0 Å². The van der Waals surface area contributed by atoms with Gasteiger partial charge in [-0.3, -0.25) is 14.0 Å². The van der Waals surface area contributed by atoms with Gasteiger partial charge in [0.25, 0.3) is 5.56 Å². The second kappa shape index (κ2) is 9.78. The van der Waals surface area contributed by atoms with Gasteiger partial charge in [-0.05, 0) is 63.4 Å². The number of nitrogens with zero attached hydrogens (tertiary/aromatic N) is 4. The Morgan fingerprint density at radius 2 is 1.81 bits per heavy atom. The van der Waals surface area contributed by atoms with Crippen LogP contribution in [-0.4, -0.2) is 25.1 Å². The number of aryl methyl sites for hydroxylation is 4. The van der Waals surface area contributed by atoms with E-state index in [1.165, 1.54) is 11.3 Å². The van der Waals surface area contributed by atoms with Gasteiger partial charge in [0.05, 0.1) is 29.4 Å². The van der Waals surface area contributed by atoms with Crippen molar-refractivity contribution in [2.24, 2.45) is 0 Å². The van der Waals surface area contributed by atoms with Gasteiger partial charge in [0, 0.05) is 16.8 Å². The van der Waals surface area contributed by atoms with Crippen molar-refractivity contribution in [2.45, 2.75) is 47.1 Å². The molecule has 8 heteroatoms. The summed E-state index contributed by atoms with van der Waals surface area (Å²) in [4.78, 5) is 31.9. The molecule has 1 atom stereocenters. The third-order valence-electron chi connectivity index (χ3n) is 6.58. The molecule has 0 fully saturated rings. The summed E-state index contributed by atoms with van der Waals surface area (Å²) in [5.41, 5.74) is 7.20. The van der Waals surface area contributed by atoms with E-state index in [0.717, 1.165) is 28.1 Å². The first-order chi connectivity index (χ1) is 17.7. The van der Waals surface area contributed by atoms with Crippen LogP contribution in [0.5, 0.6) is 0 Å². The molecule has 1 amide bonds. The maximum absolute atomic E-state index is 13.8. The molecule has 188 valence electrons. The summed E-state index contributed by atoms with van der Waals surface area (Å²) >= 11 is 1.36.